The van der Waals surface area contributed by atoms with Crippen LogP contribution in [0.3, 0.4) is 0 Å². The van der Waals surface area contributed by atoms with Crippen LogP contribution in [0.15, 0.2) is 0 Å². The summed E-state index contributed by atoms with van der Waals surface area (Å²) in [5.74, 6) is 2.40. The minimum Gasteiger partial charge on any atom is -0.317 e. The van der Waals surface area contributed by atoms with E-state index in [1.54, 1.807) is 0 Å². The van der Waals surface area contributed by atoms with Crippen LogP contribution in [0, 0.1) is 12.3 Å². The minimum atomic E-state index is -3.14. The molecule has 5 heteroatoms. The summed E-state index contributed by atoms with van der Waals surface area (Å²) in [6.45, 7) is 1.91. The van der Waals surface area contributed by atoms with Crippen molar-refractivity contribution in [1.29, 1.82) is 0 Å². The molecule has 0 saturated carbocycles. The van der Waals surface area contributed by atoms with Crippen LogP contribution in [0.1, 0.15) is 19.3 Å². The van der Waals surface area contributed by atoms with Gasteiger partial charge in [-0.05, 0) is 25.9 Å². The highest BCUT2D eigenvalue weighted by Crippen LogP contribution is 2.11. The van der Waals surface area contributed by atoms with Gasteiger partial charge in [-0.1, -0.05) is 0 Å². The molecule has 1 heterocycles. The van der Waals surface area contributed by atoms with Crippen molar-refractivity contribution in [2.75, 3.05) is 19.6 Å². The lowest BCUT2D eigenvalue weighted by Crippen LogP contribution is -2.41. The van der Waals surface area contributed by atoms with Gasteiger partial charge < -0.3 is 5.32 Å². The zero-order valence-electron chi connectivity index (χ0n) is 8.12. The Morgan fingerprint density at radius 1 is 1.43 bits per heavy atom. The van der Waals surface area contributed by atoms with E-state index >= 15 is 0 Å². The Hall–Kier alpha value is -0.570. The van der Waals surface area contributed by atoms with Crippen LogP contribution in [0.4, 0.5) is 0 Å². The number of hydrogen-bond acceptors (Lipinski definition) is 3. The largest absolute Gasteiger partial charge is 0.317 e. The molecule has 1 aliphatic heterocycles. The molecule has 0 amide bonds. The molecule has 2 N–H and O–H groups in total. The molecule has 1 rings (SSSR count). The lowest BCUT2D eigenvalue weighted by Gasteiger charge is -2.22. The summed E-state index contributed by atoms with van der Waals surface area (Å²) < 4.78 is 25.8. The topological polar surface area (TPSA) is 58.2 Å². The number of sulfonamides is 1. The fourth-order valence-corrected chi connectivity index (χ4v) is 2.97. The normalized spacial score (nSPS) is 19.1. The third-order valence-electron chi connectivity index (χ3n) is 2.30. The summed E-state index contributed by atoms with van der Waals surface area (Å²) in [6.07, 6.45) is 6.86. The molecule has 1 saturated heterocycles. The Kier molecular flexibility index (Phi) is 4.39. The maximum atomic E-state index is 11.7. The fraction of sp³-hybridized carbons (Fsp3) is 0.778. The van der Waals surface area contributed by atoms with Gasteiger partial charge >= 0.3 is 0 Å². The van der Waals surface area contributed by atoms with Gasteiger partial charge in [0.2, 0.25) is 10.0 Å². The van der Waals surface area contributed by atoms with Crippen molar-refractivity contribution in [3.63, 3.8) is 0 Å². The molecule has 0 spiro atoms. The summed E-state index contributed by atoms with van der Waals surface area (Å²) in [5, 5.41) is 2.88. The first-order valence-electron chi connectivity index (χ1n) is 4.79. The van der Waals surface area contributed by atoms with Gasteiger partial charge in [-0.2, -0.15) is 0 Å². The van der Waals surface area contributed by atoms with Crippen LogP contribution < -0.4 is 10.0 Å². The zero-order chi connectivity index (χ0) is 10.4. The van der Waals surface area contributed by atoms with E-state index in [9.17, 15) is 8.42 Å². The Labute approximate surface area is 85.5 Å². The zero-order valence-corrected chi connectivity index (χ0v) is 8.94. The van der Waals surface area contributed by atoms with E-state index in [1.807, 2.05) is 0 Å². The predicted molar refractivity (Wildman–Crippen MR) is 56.3 cm³/mol. The van der Waals surface area contributed by atoms with Crippen LogP contribution in [-0.4, -0.2) is 33.3 Å². The molecule has 0 aliphatic carbocycles. The van der Waals surface area contributed by atoms with E-state index in [2.05, 4.69) is 16.0 Å². The second kappa shape index (κ2) is 5.35. The summed E-state index contributed by atoms with van der Waals surface area (Å²) in [5.41, 5.74) is 0. The van der Waals surface area contributed by atoms with Crippen LogP contribution in [-0.2, 0) is 10.0 Å². The molecule has 0 radical (unpaired) electrons. The van der Waals surface area contributed by atoms with Crippen molar-refractivity contribution in [3.8, 4) is 12.3 Å². The van der Waals surface area contributed by atoms with E-state index < -0.39 is 10.0 Å². The lowest BCUT2D eigenvalue weighted by molar-refractivity contribution is 0.490. The van der Waals surface area contributed by atoms with Gasteiger partial charge in [0.15, 0.2) is 0 Å². The van der Waals surface area contributed by atoms with Gasteiger partial charge in [0.1, 0.15) is 0 Å². The first-order chi connectivity index (χ1) is 6.67. The van der Waals surface area contributed by atoms with Crippen molar-refractivity contribution in [1.82, 2.24) is 10.0 Å². The fourth-order valence-electron chi connectivity index (χ4n) is 1.49. The standard InChI is InChI=1S/C9H16N2O2S/c1-2-3-6-11-14(12,13)9-4-7-10-8-5-9/h1,9-11H,3-8H2. The summed E-state index contributed by atoms with van der Waals surface area (Å²) in [4.78, 5) is 0. The number of terminal acetylenes is 1. The van der Waals surface area contributed by atoms with E-state index in [0.29, 0.717) is 25.8 Å². The minimum absolute atomic E-state index is 0.249. The molecule has 1 fully saturated rings. The van der Waals surface area contributed by atoms with E-state index in [0.717, 1.165) is 13.1 Å². The van der Waals surface area contributed by atoms with Gasteiger partial charge in [-0.3, -0.25) is 0 Å². The number of piperidine rings is 1. The Balaban J connectivity index is 2.43. The number of nitrogens with one attached hydrogen (secondary N) is 2. The van der Waals surface area contributed by atoms with Crippen LogP contribution >= 0.6 is 0 Å². The molecular formula is C9H16N2O2S. The molecule has 4 nitrogen and oxygen atoms in total. The molecule has 0 aromatic heterocycles. The summed E-state index contributed by atoms with van der Waals surface area (Å²) in [6, 6.07) is 0. The molecule has 0 aromatic carbocycles. The molecular weight excluding hydrogens is 200 g/mol. The van der Waals surface area contributed by atoms with Crippen LogP contribution in [0.2, 0.25) is 0 Å². The molecule has 0 aromatic rings. The predicted octanol–water partition coefficient (Wildman–Crippen LogP) is -0.319. The van der Waals surface area contributed by atoms with E-state index in [-0.39, 0.29) is 5.25 Å². The van der Waals surface area contributed by atoms with Crippen molar-refractivity contribution in [3.05, 3.63) is 0 Å². The Morgan fingerprint density at radius 2 is 2.07 bits per heavy atom. The van der Waals surface area contributed by atoms with Crippen molar-refractivity contribution in [2.45, 2.75) is 24.5 Å². The number of hydrogen-bond donors (Lipinski definition) is 2. The molecule has 14 heavy (non-hydrogen) atoms. The van der Waals surface area contributed by atoms with Crippen molar-refractivity contribution < 1.29 is 8.42 Å². The average molecular weight is 216 g/mol. The third-order valence-corrected chi connectivity index (χ3v) is 4.25. The third kappa shape index (κ3) is 3.29. The van der Waals surface area contributed by atoms with Gasteiger partial charge in [-0.25, -0.2) is 13.1 Å². The highest BCUT2D eigenvalue weighted by atomic mass is 32.2. The van der Waals surface area contributed by atoms with Crippen LogP contribution in [0.25, 0.3) is 0 Å². The SMILES string of the molecule is C#CCCNS(=O)(=O)C1CCNCC1. The smallest absolute Gasteiger partial charge is 0.214 e. The maximum Gasteiger partial charge on any atom is 0.214 e. The van der Waals surface area contributed by atoms with Crippen molar-refractivity contribution >= 4 is 10.0 Å². The monoisotopic (exact) mass is 216 g/mol. The van der Waals surface area contributed by atoms with Crippen molar-refractivity contribution in [2.24, 2.45) is 0 Å². The highest BCUT2D eigenvalue weighted by Gasteiger charge is 2.26. The lowest BCUT2D eigenvalue weighted by atomic mass is 10.2. The molecule has 0 bridgehead atoms. The first kappa shape index (κ1) is 11.5. The second-order valence-electron chi connectivity index (χ2n) is 3.34. The molecule has 0 unspecified atom stereocenters. The van der Waals surface area contributed by atoms with Gasteiger partial charge in [0.25, 0.3) is 0 Å². The van der Waals surface area contributed by atoms with Gasteiger partial charge in [0.05, 0.1) is 5.25 Å². The molecule has 0 atom stereocenters. The maximum absolute atomic E-state index is 11.7. The Bertz CT molecular complexity index is 299. The molecule has 80 valence electrons. The second-order valence-corrected chi connectivity index (χ2v) is 5.39. The van der Waals surface area contributed by atoms with E-state index in [4.69, 9.17) is 6.42 Å². The Morgan fingerprint density at radius 3 is 2.64 bits per heavy atom. The highest BCUT2D eigenvalue weighted by molar-refractivity contribution is 7.90. The van der Waals surface area contributed by atoms with Gasteiger partial charge in [-0.15, -0.1) is 12.3 Å². The first-order valence-corrected chi connectivity index (χ1v) is 6.34. The number of rotatable bonds is 4. The average Bonchev–Trinajstić information content (AvgIpc) is 2.19. The van der Waals surface area contributed by atoms with Crippen LogP contribution in [0.5, 0.6) is 0 Å². The summed E-state index contributed by atoms with van der Waals surface area (Å²) in [7, 11) is -3.14. The molecule has 1 aliphatic rings. The van der Waals surface area contributed by atoms with Gasteiger partial charge in [0, 0.05) is 13.0 Å². The van der Waals surface area contributed by atoms with E-state index in [1.165, 1.54) is 0 Å². The summed E-state index contributed by atoms with van der Waals surface area (Å²) >= 11 is 0. The quantitative estimate of drug-likeness (QED) is 0.500.